The topological polar surface area (TPSA) is 55.6 Å². The molecule has 0 spiro atoms. The van der Waals surface area contributed by atoms with E-state index in [1.54, 1.807) is 44.4 Å². The highest BCUT2D eigenvalue weighted by Crippen LogP contribution is 2.34. The van der Waals surface area contributed by atoms with E-state index >= 15 is 0 Å². The van der Waals surface area contributed by atoms with Gasteiger partial charge in [-0.25, -0.2) is 0 Å². The maximum Gasteiger partial charge on any atom is 0.253 e. The standard InChI is InChI=1S/C15H14BrClN2O2/c1-19(2)15(20)9-3-5-12(18)14(7-9)21-13-6-4-10(16)8-11(13)17/h3-8H,18H2,1-2H3. The number of benzene rings is 2. The summed E-state index contributed by atoms with van der Waals surface area (Å²) in [6, 6.07) is 10.2. The summed E-state index contributed by atoms with van der Waals surface area (Å²) in [7, 11) is 3.37. The summed E-state index contributed by atoms with van der Waals surface area (Å²) in [5.74, 6) is 0.745. The Morgan fingerprint density at radius 1 is 1.19 bits per heavy atom. The number of ether oxygens (including phenoxy) is 1. The summed E-state index contributed by atoms with van der Waals surface area (Å²) >= 11 is 9.44. The zero-order valence-corrected chi connectivity index (χ0v) is 13.9. The van der Waals surface area contributed by atoms with Gasteiger partial charge in [-0.1, -0.05) is 27.5 Å². The molecule has 0 atom stereocenters. The Morgan fingerprint density at radius 2 is 1.90 bits per heavy atom. The van der Waals surface area contributed by atoms with Crippen molar-refractivity contribution in [2.45, 2.75) is 0 Å². The summed E-state index contributed by atoms with van der Waals surface area (Å²) in [6.07, 6.45) is 0. The zero-order valence-electron chi connectivity index (χ0n) is 11.6. The molecule has 0 saturated carbocycles. The van der Waals surface area contributed by atoms with Crippen LogP contribution in [-0.2, 0) is 0 Å². The number of nitrogens with zero attached hydrogens (tertiary/aromatic N) is 1. The molecule has 4 nitrogen and oxygen atoms in total. The minimum Gasteiger partial charge on any atom is -0.454 e. The average Bonchev–Trinajstić information content (AvgIpc) is 2.43. The van der Waals surface area contributed by atoms with Crippen LogP contribution < -0.4 is 10.5 Å². The third-order valence-electron chi connectivity index (χ3n) is 2.78. The van der Waals surface area contributed by atoms with E-state index in [1.165, 1.54) is 4.90 Å². The van der Waals surface area contributed by atoms with Crippen molar-refractivity contribution in [2.24, 2.45) is 0 Å². The lowest BCUT2D eigenvalue weighted by molar-refractivity contribution is 0.0827. The van der Waals surface area contributed by atoms with E-state index < -0.39 is 0 Å². The predicted molar refractivity (Wildman–Crippen MR) is 88.1 cm³/mol. The van der Waals surface area contributed by atoms with Crippen molar-refractivity contribution in [3.05, 3.63) is 51.5 Å². The SMILES string of the molecule is CN(C)C(=O)c1ccc(N)c(Oc2ccc(Br)cc2Cl)c1. The molecular formula is C15H14BrClN2O2. The molecule has 0 fully saturated rings. The molecule has 0 bridgehead atoms. The number of amides is 1. The molecule has 0 aliphatic carbocycles. The number of nitrogens with two attached hydrogens (primary N) is 1. The Bertz CT molecular complexity index is 689. The molecule has 2 aromatic carbocycles. The van der Waals surface area contributed by atoms with E-state index in [9.17, 15) is 4.79 Å². The van der Waals surface area contributed by atoms with Crippen molar-refractivity contribution in [3.8, 4) is 11.5 Å². The first kappa shape index (κ1) is 15.7. The van der Waals surface area contributed by atoms with Gasteiger partial charge in [-0.15, -0.1) is 0 Å². The number of rotatable bonds is 3. The lowest BCUT2D eigenvalue weighted by Crippen LogP contribution is -2.21. The molecule has 6 heteroatoms. The Balaban J connectivity index is 2.35. The van der Waals surface area contributed by atoms with Gasteiger partial charge < -0.3 is 15.4 Å². The molecule has 2 rings (SSSR count). The van der Waals surface area contributed by atoms with Crippen molar-refractivity contribution in [1.29, 1.82) is 0 Å². The second-order valence-electron chi connectivity index (χ2n) is 4.63. The van der Waals surface area contributed by atoms with Gasteiger partial charge in [0.15, 0.2) is 5.75 Å². The molecule has 0 radical (unpaired) electrons. The smallest absolute Gasteiger partial charge is 0.253 e. The number of carbonyl (C=O) groups is 1. The Labute approximate surface area is 136 Å². The van der Waals surface area contributed by atoms with Crippen molar-refractivity contribution >= 4 is 39.1 Å². The fourth-order valence-corrected chi connectivity index (χ4v) is 2.40. The molecule has 2 N–H and O–H groups in total. The number of nitrogen functional groups attached to an aromatic ring is 1. The van der Waals surface area contributed by atoms with E-state index in [1.807, 2.05) is 6.07 Å². The maximum atomic E-state index is 12.0. The summed E-state index contributed by atoms with van der Waals surface area (Å²) in [5.41, 5.74) is 6.82. The molecular weight excluding hydrogens is 356 g/mol. The summed E-state index contributed by atoms with van der Waals surface area (Å²) in [5, 5.41) is 0.452. The minimum absolute atomic E-state index is 0.123. The molecule has 110 valence electrons. The highest BCUT2D eigenvalue weighted by Gasteiger charge is 2.12. The van der Waals surface area contributed by atoms with E-state index in [0.717, 1.165) is 4.47 Å². The second-order valence-corrected chi connectivity index (χ2v) is 5.95. The van der Waals surface area contributed by atoms with Crippen LogP contribution in [0.2, 0.25) is 5.02 Å². The molecule has 1 amide bonds. The van der Waals surface area contributed by atoms with Gasteiger partial charge in [-0.05, 0) is 36.4 Å². The molecule has 0 aromatic heterocycles. The highest BCUT2D eigenvalue weighted by molar-refractivity contribution is 9.10. The Kier molecular flexibility index (Phi) is 4.75. The van der Waals surface area contributed by atoms with E-state index in [0.29, 0.717) is 27.8 Å². The first-order chi connectivity index (χ1) is 9.88. The predicted octanol–water partition coefficient (Wildman–Crippen LogP) is 4.18. The fourth-order valence-electron chi connectivity index (χ4n) is 1.69. The van der Waals surface area contributed by atoms with Gasteiger partial charge in [0.2, 0.25) is 0 Å². The van der Waals surface area contributed by atoms with Gasteiger partial charge in [0, 0.05) is 24.1 Å². The van der Waals surface area contributed by atoms with Crippen LogP contribution in [0.5, 0.6) is 11.5 Å². The molecule has 0 heterocycles. The first-order valence-corrected chi connectivity index (χ1v) is 7.29. The maximum absolute atomic E-state index is 12.0. The van der Waals surface area contributed by atoms with Gasteiger partial charge >= 0.3 is 0 Å². The lowest BCUT2D eigenvalue weighted by Gasteiger charge is -2.14. The van der Waals surface area contributed by atoms with Crippen molar-refractivity contribution in [1.82, 2.24) is 4.90 Å². The molecule has 21 heavy (non-hydrogen) atoms. The number of halogens is 2. The van der Waals surface area contributed by atoms with Crippen LogP contribution in [0.25, 0.3) is 0 Å². The van der Waals surface area contributed by atoms with E-state index in [-0.39, 0.29) is 5.91 Å². The van der Waals surface area contributed by atoms with Crippen LogP contribution in [0.15, 0.2) is 40.9 Å². The average molecular weight is 370 g/mol. The largest absolute Gasteiger partial charge is 0.454 e. The van der Waals surface area contributed by atoms with Gasteiger partial charge in [-0.3, -0.25) is 4.79 Å². The van der Waals surface area contributed by atoms with Crippen LogP contribution in [0, 0.1) is 0 Å². The third kappa shape index (κ3) is 3.68. The summed E-state index contributed by atoms with van der Waals surface area (Å²) in [6.45, 7) is 0. The zero-order chi connectivity index (χ0) is 15.6. The Morgan fingerprint density at radius 3 is 2.52 bits per heavy atom. The van der Waals surface area contributed by atoms with E-state index in [2.05, 4.69) is 15.9 Å². The summed E-state index contributed by atoms with van der Waals surface area (Å²) in [4.78, 5) is 13.5. The quantitative estimate of drug-likeness (QED) is 0.826. The van der Waals surface area contributed by atoms with Crippen LogP contribution in [0.4, 0.5) is 5.69 Å². The number of carbonyl (C=O) groups excluding carboxylic acids is 1. The fraction of sp³-hybridized carbons (Fsp3) is 0.133. The monoisotopic (exact) mass is 368 g/mol. The van der Waals surface area contributed by atoms with Crippen LogP contribution in [0.1, 0.15) is 10.4 Å². The first-order valence-electron chi connectivity index (χ1n) is 6.12. The molecule has 0 aliphatic heterocycles. The normalized spacial score (nSPS) is 10.3. The van der Waals surface area contributed by atoms with Crippen LogP contribution in [-0.4, -0.2) is 24.9 Å². The van der Waals surface area contributed by atoms with E-state index in [4.69, 9.17) is 22.1 Å². The molecule has 0 aliphatic rings. The number of hydrogen-bond acceptors (Lipinski definition) is 3. The number of anilines is 1. The van der Waals surface area contributed by atoms with Gasteiger partial charge in [0.1, 0.15) is 5.75 Å². The summed E-state index contributed by atoms with van der Waals surface area (Å²) < 4.78 is 6.57. The Hall–Kier alpha value is -1.72. The van der Waals surface area contributed by atoms with Crippen molar-refractivity contribution < 1.29 is 9.53 Å². The molecule has 2 aromatic rings. The lowest BCUT2D eigenvalue weighted by atomic mass is 10.1. The van der Waals surface area contributed by atoms with Crippen LogP contribution in [0.3, 0.4) is 0 Å². The van der Waals surface area contributed by atoms with Crippen molar-refractivity contribution in [3.63, 3.8) is 0 Å². The third-order valence-corrected chi connectivity index (χ3v) is 3.57. The van der Waals surface area contributed by atoms with Crippen molar-refractivity contribution in [2.75, 3.05) is 19.8 Å². The van der Waals surface area contributed by atoms with Gasteiger partial charge in [0.05, 0.1) is 10.7 Å². The number of hydrogen-bond donors (Lipinski definition) is 1. The minimum atomic E-state index is -0.123. The van der Waals surface area contributed by atoms with Gasteiger partial charge in [0.25, 0.3) is 5.91 Å². The van der Waals surface area contributed by atoms with Crippen LogP contribution >= 0.6 is 27.5 Å². The highest BCUT2D eigenvalue weighted by atomic mass is 79.9. The van der Waals surface area contributed by atoms with Gasteiger partial charge in [-0.2, -0.15) is 0 Å². The molecule has 0 unspecified atom stereocenters. The molecule has 0 saturated heterocycles. The second kappa shape index (κ2) is 6.37.